The van der Waals surface area contributed by atoms with Crippen LogP contribution in [0, 0.1) is 11.6 Å². The summed E-state index contributed by atoms with van der Waals surface area (Å²) in [5.41, 5.74) is 0.237. The number of rotatable bonds is 4. The van der Waals surface area contributed by atoms with Crippen molar-refractivity contribution in [3.05, 3.63) is 69.8 Å². The zero-order valence-corrected chi connectivity index (χ0v) is 15.7. The fraction of sp³-hybridized carbons (Fsp3) is 0.200. The average molecular weight is 409 g/mol. The number of cyclic esters (lactones) is 2. The van der Waals surface area contributed by atoms with Gasteiger partial charge in [-0.15, -0.1) is 0 Å². The van der Waals surface area contributed by atoms with Gasteiger partial charge in [-0.1, -0.05) is 11.6 Å². The lowest BCUT2D eigenvalue weighted by Crippen LogP contribution is -2.41. The van der Waals surface area contributed by atoms with Crippen LogP contribution in [0.1, 0.15) is 25.0 Å². The molecule has 0 saturated carbocycles. The molecule has 2 aromatic carbocycles. The molecule has 0 aromatic heterocycles. The van der Waals surface area contributed by atoms with Crippen molar-refractivity contribution in [1.82, 2.24) is 0 Å². The highest BCUT2D eigenvalue weighted by Crippen LogP contribution is 2.29. The third-order valence-electron chi connectivity index (χ3n) is 3.71. The number of carbonyl (C=O) groups is 2. The van der Waals surface area contributed by atoms with E-state index < -0.39 is 29.4 Å². The van der Waals surface area contributed by atoms with Gasteiger partial charge >= 0.3 is 11.9 Å². The summed E-state index contributed by atoms with van der Waals surface area (Å²) in [4.78, 5) is 24.3. The van der Waals surface area contributed by atoms with Gasteiger partial charge in [-0.25, -0.2) is 18.4 Å². The van der Waals surface area contributed by atoms with Crippen LogP contribution in [0.2, 0.25) is 5.02 Å². The Bertz CT molecular complexity index is 942. The second kappa shape index (κ2) is 7.59. The molecule has 3 rings (SSSR count). The van der Waals surface area contributed by atoms with E-state index in [1.165, 1.54) is 38.1 Å². The molecule has 0 aliphatic carbocycles. The Morgan fingerprint density at radius 1 is 1.04 bits per heavy atom. The SMILES string of the molecule is CC1(C)OC(=O)C(=Cc2cc(Cl)ccc2OCc2cc(F)cc(F)c2)C(=O)O1. The molecule has 0 bridgehead atoms. The van der Waals surface area contributed by atoms with Crippen molar-refractivity contribution < 1.29 is 32.6 Å². The number of hydrogen-bond donors (Lipinski definition) is 0. The molecule has 146 valence electrons. The third-order valence-corrected chi connectivity index (χ3v) is 3.94. The van der Waals surface area contributed by atoms with Gasteiger partial charge in [-0.2, -0.15) is 0 Å². The average Bonchev–Trinajstić information content (AvgIpc) is 2.55. The van der Waals surface area contributed by atoms with Gasteiger partial charge in [0.05, 0.1) is 0 Å². The highest BCUT2D eigenvalue weighted by molar-refractivity contribution is 6.30. The van der Waals surface area contributed by atoms with Gasteiger partial charge < -0.3 is 14.2 Å². The van der Waals surface area contributed by atoms with E-state index >= 15 is 0 Å². The number of ether oxygens (including phenoxy) is 3. The van der Waals surface area contributed by atoms with Crippen LogP contribution in [-0.4, -0.2) is 17.7 Å². The number of hydrogen-bond acceptors (Lipinski definition) is 5. The Morgan fingerprint density at radius 3 is 2.25 bits per heavy atom. The molecule has 1 aliphatic heterocycles. The summed E-state index contributed by atoms with van der Waals surface area (Å²) in [5.74, 6) is -4.27. The van der Waals surface area contributed by atoms with Gasteiger partial charge in [-0.3, -0.25) is 0 Å². The summed E-state index contributed by atoms with van der Waals surface area (Å²) >= 11 is 5.99. The van der Waals surface area contributed by atoms with Crippen molar-refractivity contribution >= 4 is 29.6 Å². The Labute approximate surface area is 164 Å². The monoisotopic (exact) mass is 408 g/mol. The van der Waals surface area contributed by atoms with Crippen molar-refractivity contribution in [2.75, 3.05) is 0 Å². The van der Waals surface area contributed by atoms with E-state index in [-0.39, 0.29) is 23.5 Å². The minimum absolute atomic E-state index is 0.144. The molecule has 2 aromatic rings. The second-order valence-electron chi connectivity index (χ2n) is 6.49. The van der Waals surface area contributed by atoms with Crippen molar-refractivity contribution in [3.8, 4) is 5.75 Å². The van der Waals surface area contributed by atoms with Crippen molar-refractivity contribution in [2.45, 2.75) is 26.2 Å². The maximum Gasteiger partial charge on any atom is 0.348 e. The molecule has 0 atom stereocenters. The lowest BCUT2D eigenvalue weighted by Gasteiger charge is -2.29. The first-order chi connectivity index (χ1) is 13.1. The molecule has 28 heavy (non-hydrogen) atoms. The fourth-order valence-corrected chi connectivity index (χ4v) is 2.73. The lowest BCUT2D eigenvalue weighted by atomic mass is 10.1. The maximum absolute atomic E-state index is 13.3. The van der Waals surface area contributed by atoms with Crippen molar-refractivity contribution in [2.24, 2.45) is 0 Å². The van der Waals surface area contributed by atoms with E-state index in [1.807, 2.05) is 0 Å². The minimum atomic E-state index is -1.36. The first-order valence-corrected chi connectivity index (χ1v) is 8.56. The van der Waals surface area contributed by atoms with Crippen LogP contribution in [0.3, 0.4) is 0 Å². The van der Waals surface area contributed by atoms with Gasteiger partial charge in [0.2, 0.25) is 0 Å². The van der Waals surface area contributed by atoms with Crippen LogP contribution in [0.5, 0.6) is 5.75 Å². The second-order valence-corrected chi connectivity index (χ2v) is 6.92. The van der Waals surface area contributed by atoms with Crippen LogP contribution in [-0.2, 0) is 25.7 Å². The Morgan fingerprint density at radius 2 is 1.64 bits per heavy atom. The van der Waals surface area contributed by atoms with Crippen LogP contribution < -0.4 is 4.74 Å². The van der Waals surface area contributed by atoms with E-state index in [0.717, 1.165) is 18.2 Å². The van der Waals surface area contributed by atoms with Gasteiger partial charge in [0.1, 0.15) is 29.6 Å². The molecule has 0 amide bonds. The van der Waals surface area contributed by atoms with E-state index in [2.05, 4.69) is 0 Å². The highest BCUT2D eigenvalue weighted by Gasteiger charge is 2.39. The number of carbonyl (C=O) groups excluding carboxylic acids is 2. The predicted molar refractivity (Wildman–Crippen MR) is 96.4 cm³/mol. The quantitative estimate of drug-likeness (QED) is 0.426. The van der Waals surface area contributed by atoms with Crippen LogP contribution in [0.15, 0.2) is 42.0 Å². The number of benzene rings is 2. The zero-order valence-electron chi connectivity index (χ0n) is 14.9. The summed E-state index contributed by atoms with van der Waals surface area (Å²) in [7, 11) is 0. The first kappa shape index (κ1) is 19.8. The van der Waals surface area contributed by atoms with Crippen molar-refractivity contribution in [3.63, 3.8) is 0 Å². The van der Waals surface area contributed by atoms with E-state index in [0.29, 0.717) is 10.6 Å². The van der Waals surface area contributed by atoms with Crippen molar-refractivity contribution in [1.29, 1.82) is 0 Å². The Balaban J connectivity index is 1.89. The van der Waals surface area contributed by atoms with Gasteiger partial charge in [0.15, 0.2) is 0 Å². The van der Waals surface area contributed by atoms with Gasteiger partial charge in [0.25, 0.3) is 5.79 Å². The molecule has 0 N–H and O–H groups in total. The van der Waals surface area contributed by atoms with E-state index in [1.54, 1.807) is 0 Å². The Hall–Kier alpha value is -2.93. The molecule has 8 heteroatoms. The standard InChI is InChI=1S/C20H15ClF2O5/c1-20(2)27-18(24)16(19(25)28-20)8-12-7-13(21)3-4-17(12)26-10-11-5-14(22)9-15(23)6-11/h3-9H,10H2,1-2H3. The third kappa shape index (κ3) is 4.67. The molecular weight excluding hydrogens is 394 g/mol. The topological polar surface area (TPSA) is 61.8 Å². The summed E-state index contributed by atoms with van der Waals surface area (Å²) in [6, 6.07) is 7.53. The van der Waals surface area contributed by atoms with Gasteiger partial charge in [0, 0.05) is 30.5 Å². The zero-order chi connectivity index (χ0) is 20.5. The normalized spacial score (nSPS) is 15.7. The molecule has 1 heterocycles. The number of halogens is 3. The molecule has 0 radical (unpaired) electrons. The summed E-state index contributed by atoms with van der Waals surface area (Å²) < 4.78 is 42.3. The molecule has 0 unspecified atom stereocenters. The smallest absolute Gasteiger partial charge is 0.348 e. The van der Waals surface area contributed by atoms with Crippen LogP contribution in [0.25, 0.3) is 6.08 Å². The fourth-order valence-electron chi connectivity index (χ4n) is 2.55. The molecule has 1 fully saturated rings. The molecule has 0 spiro atoms. The maximum atomic E-state index is 13.3. The largest absolute Gasteiger partial charge is 0.488 e. The summed E-state index contributed by atoms with van der Waals surface area (Å²) in [5, 5.41) is 0.328. The first-order valence-electron chi connectivity index (χ1n) is 8.19. The van der Waals surface area contributed by atoms with Gasteiger partial charge in [-0.05, 0) is 42.0 Å². The molecule has 5 nitrogen and oxygen atoms in total. The molecular formula is C20H15ClF2O5. The summed E-state index contributed by atoms with van der Waals surface area (Å²) in [6.07, 6.45) is 1.23. The lowest BCUT2D eigenvalue weighted by molar-refractivity contribution is -0.222. The van der Waals surface area contributed by atoms with Crippen LogP contribution >= 0.6 is 11.6 Å². The highest BCUT2D eigenvalue weighted by atomic mass is 35.5. The summed E-state index contributed by atoms with van der Waals surface area (Å²) in [6.45, 7) is 2.73. The van der Waals surface area contributed by atoms with E-state index in [4.69, 9.17) is 25.8 Å². The molecule has 1 aliphatic rings. The Kier molecular flexibility index (Phi) is 5.38. The predicted octanol–water partition coefficient (Wildman–Crippen LogP) is 4.42. The van der Waals surface area contributed by atoms with E-state index in [9.17, 15) is 18.4 Å². The van der Waals surface area contributed by atoms with Crippen LogP contribution in [0.4, 0.5) is 8.78 Å². The minimum Gasteiger partial charge on any atom is -0.488 e. The molecule has 1 saturated heterocycles. The number of esters is 2.